The lowest BCUT2D eigenvalue weighted by atomic mass is 9.90. The van der Waals surface area contributed by atoms with Crippen molar-refractivity contribution in [3.8, 4) is 22.4 Å². The first-order valence-electron chi connectivity index (χ1n) is 10.1. The fraction of sp³-hybridized carbons (Fsp3) is 0.320. The Balaban J connectivity index is 2.10. The SMILES string of the molecule is C=c1cc2n(C(C)CCC)c(=O)c3ccc(-c4c(C)cc(C)cc4C)c([nH]1)c3-2. The van der Waals surface area contributed by atoms with E-state index < -0.39 is 0 Å². The maximum atomic E-state index is 13.2. The molecule has 2 aromatic carbocycles. The molecule has 28 heavy (non-hydrogen) atoms. The molecule has 2 aromatic rings. The Morgan fingerprint density at radius 3 is 2.39 bits per heavy atom. The number of hydrogen-bond acceptors (Lipinski definition) is 1. The summed E-state index contributed by atoms with van der Waals surface area (Å²) >= 11 is 0. The third-order valence-electron chi connectivity index (χ3n) is 5.86. The third-order valence-corrected chi connectivity index (χ3v) is 5.86. The van der Waals surface area contributed by atoms with Crippen LogP contribution >= 0.6 is 0 Å². The predicted molar refractivity (Wildman–Crippen MR) is 119 cm³/mol. The Kier molecular flexibility index (Phi) is 4.41. The van der Waals surface area contributed by atoms with Crippen molar-refractivity contribution in [3.05, 3.63) is 62.7 Å². The van der Waals surface area contributed by atoms with Gasteiger partial charge in [0, 0.05) is 22.5 Å². The molecule has 3 nitrogen and oxygen atoms in total. The maximum Gasteiger partial charge on any atom is 0.259 e. The maximum absolute atomic E-state index is 13.2. The summed E-state index contributed by atoms with van der Waals surface area (Å²) in [5, 5.41) is 1.61. The Labute approximate surface area is 166 Å². The van der Waals surface area contributed by atoms with Gasteiger partial charge in [0.25, 0.3) is 5.56 Å². The van der Waals surface area contributed by atoms with Crippen LogP contribution in [0.4, 0.5) is 0 Å². The van der Waals surface area contributed by atoms with E-state index in [4.69, 9.17) is 0 Å². The average Bonchev–Trinajstić information content (AvgIpc) is 2.88. The van der Waals surface area contributed by atoms with Crippen LogP contribution in [0.3, 0.4) is 0 Å². The number of aromatic nitrogens is 2. The molecule has 1 N–H and O–H groups in total. The van der Waals surface area contributed by atoms with E-state index in [0.29, 0.717) is 0 Å². The highest BCUT2D eigenvalue weighted by molar-refractivity contribution is 6.03. The predicted octanol–water partition coefficient (Wildman–Crippen LogP) is 5.52. The highest BCUT2D eigenvalue weighted by Crippen LogP contribution is 2.39. The van der Waals surface area contributed by atoms with Gasteiger partial charge in [-0.2, -0.15) is 0 Å². The molecule has 2 aliphatic rings. The summed E-state index contributed by atoms with van der Waals surface area (Å²) in [6.07, 6.45) is 2.03. The van der Waals surface area contributed by atoms with Crippen molar-refractivity contribution in [3.63, 3.8) is 0 Å². The second-order valence-electron chi connectivity index (χ2n) is 8.18. The van der Waals surface area contributed by atoms with Crippen LogP contribution in [0.5, 0.6) is 0 Å². The minimum absolute atomic E-state index is 0.101. The lowest BCUT2D eigenvalue weighted by molar-refractivity contribution is 0.497. The van der Waals surface area contributed by atoms with E-state index in [1.807, 2.05) is 16.7 Å². The second-order valence-corrected chi connectivity index (χ2v) is 8.18. The molecular weight excluding hydrogens is 344 g/mol. The smallest absolute Gasteiger partial charge is 0.259 e. The van der Waals surface area contributed by atoms with Crippen molar-refractivity contribution in [2.75, 3.05) is 0 Å². The van der Waals surface area contributed by atoms with Crippen LogP contribution in [0.15, 0.2) is 35.1 Å². The van der Waals surface area contributed by atoms with Gasteiger partial charge < -0.3 is 9.55 Å². The van der Waals surface area contributed by atoms with E-state index in [9.17, 15) is 4.79 Å². The summed E-state index contributed by atoms with van der Waals surface area (Å²) in [4.78, 5) is 16.7. The molecule has 1 unspecified atom stereocenters. The molecule has 2 aliphatic heterocycles. The van der Waals surface area contributed by atoms with Crippen molar-refractivity contribution in [1.29, 1.82) is 0 Å². The van der Waals surface area contributed by atoms with Gasteiger partial charge in [-0.1, -0.05) is 43.7 Å². The zero-order chi connectivity index (χ0) is 20.2. The van der Waals surface area contributed by atoms with Gasteiger partial charge in [-0.05, 0) is 62.9 Å². The molecule has 0 saturated carbocycles. The summed E-state index contributed by atoms with van der Waals surface area (Å²) in [5.41, 5.74) is 9.26. The number of aryl methyl sites for hydroxylation is 3. The standard InChI is InChI=1S/C25H28N2O/c1-7-8-18(6)27-21-13-17(5)26-24-19(9-10-20(23(21)24)25(27)28)22-15(3)11-14(2)12-16(22)4/h9-13,18,26H,5,7-8H2,1-4,6H3. The normalized spacial score (nSPS) is 12.9. The molecule has 144 valence electrons. The Morgan fingerprint density at radius 1 is 1.07 bits per heavy atom. The first kappa shape index (κ1) is 18.5. The first-order valence-corrected chi connectivity index (χ1v) is 10.1. The molecule has 2 heterocycles. The number of H-pyrrole nitrogens is 1. The minimum Gasteiger partial charge on any atom is -0.355 e. The summed E-state index contributed by atoms with van der Waals surface area (Å²) in [6.45, 7) is 14.9. The van der Waals surface area contributed by atoms with Crippen LogP contribution in [-0.2, 0) is 0 Å². The van der Waals surface area contributed by atoms with Gasteiger partial charge >= 0.3 is 0 Å². The lowest BCUT2D eigenvalue weighted by Crippen LogP contribution is -2.20. The largest absolute Gasteiger partial charge is 0.355 e. The molecule has 0 fully saturated rings. The number of nitrogens with one attached hydrogen (secondary N) is 1. The summed E-state index contributed by atoms with van der Waals surface area (Å²) in [6, 6.07) is 10.7. The van der Waals surface area contributed by atoms with E-state index in [0.717, 1.165) is 45.9 Å². The molecule has 0 bridgehead atoms. The monoisotopic (exact) mass is 372 g/mol. The topological polar surface area (TPSA) is 37.8 Å². The first-order chi connectivity index (χ1) is 13.3. The minimum atomic E-state index is 0.101. The Morgan fingerprint density at radius 2 is 1.75 bits per heavy atom. The van der Waals surface area contributed by atoms with Gasteiger partial charge in [0.15, 0.2) is 0 Å². The lowest BCUT2D eigenvalue weighted by Gasteiger charge is -2.18. The highest BCUT2D eigenvalue weighted by Gasteiger charge is 2.25. The van der Waals surface area contributed by atoms with Gasteiger partial charge in [-0.3, -0.25) is 4.79 Å². The van der Waals surface area contributed by atoms with E-state index in [2.05, 4.69) is 64.4 Å². The van der Waals surface area contributed by atoms with Crippen molar-refractivity contribution in [1.82, 2.24) is 9.55 Å². The van der Waals surface area contributed by atoms with Crippen molar-refractivity contribution in [2.24, 2.45) is 0 Å². The third kappa shape index (κ3) is 2.69. The van der Waals surface area contributed by atoms with Crippen LogP contribution in [0.1, 0.15) is 49.4 Å². The number of pyridine rings is 1. The average molecular weight is 373 g/mol. The molecule has 0 radical (unpaired) electrons. The van der Waals surface area contributed by atoms with E-state index in [-0.39, 0.29) is 11.6 Å². The van der Waals surface area contributed by atoms with Crippen molar-refractivity contribution >= 4 is 17.5 Å². The van der Waals surface area contributed by atoms with Crippen LogP contribution in [0, 0.1) is 20.8 Å². The van der Waals surface area contributed by atoms with Gasteiger partial charge in [-0.15, -0.1) is 0 Å². The Hall–Kier alpha value is -2.81. The van der Waals surface area contributed by atoms with Crippen molar-refractivity contribution < 1.29 is 0 Å². The van der Waals surface area contributed by atoms with E-state index in [1.165, 1.54) is 22.3 Å². The molecule has 0 amide bonds. The zero-order valence-corrected chi connectivity index (χ0v) is 17.4. The van der Waals surface area contributed by atoms with Crippen LogP contribution in [0.25, 0.3) is 39.9 Å². The summed E-state index contributed by atoms with van der Waals surface area (Å²) < 4.78 is 1.96. The van der Waals surface area contributed by atoms with Crippen molar-refractivity contribution in [2.45, 2.75) is 53.5 Å². The Bertz CT molecular complexity index is 1240. The molecule has 0 aromatic heterocycles. The van der Waals surface area contributed by atoms with Gasteiger partial charge in [-0.25, -0.2) is 0 Å². The summed E-state index contributed by atoms with van der Waals surface area (Å²) in [5.74, 6) is 0. The molecule has 0 saturated heterocycles. The number of aromatic amines is 1. The number of rotatable bonds is 4. The number of hydrogen-bond donors (Lipinski definition) is 1. The fourth-order valence-electron chi connectivity index (χ4n) is 4.84. The molecule has 3 heteroatoms. The fourth-order valence-corrected chi connectivity index (χ4v) is 4.84. The summed E-state index contributed by atoms with van der Waals surface area (Å²) in [7, 11) is 0. The molecular formula is C25H28N2O. The quantitative estimate of drug-likeness (QED) is 0.503. The molecule has 1 atom stereocenters. The molecule has 4 rings (SSSR count). The van der Waals surface area contributed by atoms with E-state index >= 15 is 0 Å². The number of benzene rings is 2. The van der Waals surface area contributed by atoms with Gasteiger partial charge in [0.1, 0.15) is 0 Å². The van der Waals surface area contributed by atoms with Crippen LogP contribution < -0.4 is 10.9 Å². The van der Waals surface area contributed by atoms with Gasteiger partial charge in [0.2, 0.25) is 0 Å². The second kappa shape index (κ2) is 6.66. The van der Waals surface area contributed by atoms with Crippen LogP contribution in [-0.4, -0.2) is 9.55 Å². The number of nitrogens with zero attached hydrogens (tertiary/aromatic N) is 1. The molecule has 0 aliphatic carbocycles. The van der Waals surface area contributed by atoms with E-state index in [1.54, 1.807) is 0 Å². The highest BCUT2D eigenvalue weighted by atomic mass is 16.1. The van der Waals surface area contributed by atoms with Gasteiger partial charge in [0.05, 0.1) is 16.6 Å². The van der Waals surface area contributed by atoms with Crippen LogP contribution in [0.2, 0.25) is 0 Å². The molecule has 0 spiro atoms. The zero-order valence-electron chi connectivity index (χ0n) is 17.4.